The number of nitrogens with one attached hydrogen (secondary N) is 1. The van der Waals surface area contributed by atoms with Crippen molar-refractivity contribution in [2.24, 2.45) is 0 Å². The lowest BCUT2D eigenvalue weighted by Crippen LogP contribution is -2.20. The molecule has 0 aliphatic rings. The van der Waals surface area contributed by atoms with Crippen LogP contribution in [0.4, 0.5) is 14.5 Å². The van der Waals surface area contributed by atoms with Crippen LogP contribution in [0.3, 0.4) is 0 Å². The van der Waals surface area contributed by atoms with Gasteiger partial charge >= 0.3 is 5.76 Å². The largest absolute Gasteiger partial charge is 0.355 e. The lowest BCUT2D eigenvalue weighted by Gasteiger charge is -2.07. The van der Waals surface area contributed by atoms with Crippen molar-refractivity contribution < 1.29 is 22.0 Å². The monoisotopic (exact) mass is 249 g/mol. The Labute approximate surface area is 91.3 Å². The van der Waals surface area contributed by atoms with Crippen LogP contribution in [0.2, 0.25) is 0 Å². The van der Waals surface area contributed by atoms with Crippen molar-refractivity contribution in [3.63, 3.8) is 0 Å². The third-order valence-electron chi connectivity index (χ3n) is 1.76. The molecule has 0 amide bonds. The zero-order chi connectivity index (χ0) is 12.3. The maximum atomic E-state index is 12.0. The average Bonchev–Trinajstić information content (AvgIpc) is 2.17. The molecular formula is C9H9F2NO3S. The predicted molar refractivity (Wildman–Crippen MR) is 55.0 cm³/mol. The molecule has 1 aromatic carbocycles. The summed E-state index contributed by atoms with van der Waals surface area (Å²) in [7, 11) is -4.69. The normalized spacial score (nSPS) is 11.5. The fourth-order valence-corrected chi connectivity index (χ4v) is 1.56. The minimum absolute atomic E-state index is 0.0620. The van der Waals surface area contributed by atoms with Crippen molar-refractivity contribution in [1.29, 1.82) is 0 Å². The first-order chi connectivity index (χ1) is 7.33. The second-order valence-corrected chi connectivity index (χ2v) is 4.70. The first kappa shape index (κ1) is 12.6. The standard InChI is InChI=1S/C9H9F2NO3S/c1-6(13)7-3-2-4-8(5-7)12-16(14,15)9(10)11/h2-5,9,12H,1H3. The quantitative estimate of drug-likeness (QED) is 0.828. The average molecular weight is 249 g/mol. The van der Waals surface area contributed by atoms with Gasteiger partial charge in [0.15, 0.2) is 5.78 Å². The molecule has 0 spiro atoms. The van der Waals surface area contributed by atoms with Crippen molar-refractivity contribution in [3.8, 4) is 0 Å². The van der Waals surface area contributed by atoms with E-state index in [0.717, 1.165) is 0 Å². The summed E-state index contributed by atoms with van der Waals surface area (Å²) >= 11 is 0. The zero-order valence-electron chi connectivity index (χ0n) is 8.28. The van der Waals surface area contributed by atoms with Crippen molar-refractivity contribution in [3.05, 3.63) is 29.8 Å². The Kier molecular flexibility index (Phi) is 3.58. The molecule has 7 heteroatoms. The summed E-state index contributed by atoms with van der Waals surface area (Å²) in [5.74, 6) is -3.79. The molecule has 0 radical (unpaired) electrons. The van der Waals surface area contributed by atoms with Crippen molar-refractivity contribution >= 4 is 21.5 Å². The number of hydrogen-bond donors (Lipinski definition) is 1. The van der Waals surface area contributed by atoms with Gasteiger partial charge in [0.25, 0.3) is 10.0 Å². The van der Waals surface area contributed by atoms with Crippen LogP contribution >= 0.6 is 0 Å². The Hall–Kier alpha value is -1.50. The summed E-state index contributed by atoms with van der Waals surface area (Å²) in [6.45, 7) is 1.29. The molecule has 0 aliphatic carbocycles. The van der Waals surface area contributed by atoms with E-state index in [1.807, 2.05) is 0 Å². The van der Waals surface area contributed by atoms with Crippen molar-refractivity contribution in [1.82, 2.24) is 0 Å². The van der Waals surface area contributed by atoms with Gasteiger partial charge in [-0.15, -0.1) is 0 Å². The molecule has 1 aromatic rings. The SMILES string of the molecule is CC(=O)c1cccc(NS(=O)(=O)C(F)F)c1. The molecule has 0 bridgehead atoms. The summed E-state index contributed by atoms with van der Waals surface area (Å²) < 4.78 is 47.4. The van der Waals surface area contributed by atoms with Crippen molar-refractivity contribution in [2.75, 3.05) is 4.72 Å². The number of Topliss-reactive ketones (excluding diaryl/α,β-unsaturated/α-hetero) is 1. The van der Waals surface area contributed by atoms with E-state index in [4.69, 9.17) is 0 Å². The van der Waals surface area contributed by atoms with E-state index in [1.54, 1.807) is 4.72 Å². The topological polar surface area (TPSA) is 63.2 Å². The zero-order valence-corrected chi connectivity index (χ0v) is 9.09. The molecule has 0 unspecified atom stereocenters. The Bertz CT molecular complexity index is 499. The van der Waals surface area contributed by atoms with E-state index in [1.165, 1.54) is 31.2 Å². The van der Waals surface area contributed by atoms with Crippen LogP contribution in [0.25, 0.3) is 0 Å². The number of hydrogen-bond acceptors (Lipinski definition) is 3. The van der Waals surface area contributed by atoms with E-state index in [9.17, 15) is 22.0 Å². The van der Waals surface area contributed by atoms with Gasteiger partial charge in [-0.1, -0.05) is 12.1 Å². The maximum absolute atomic E-state index is 12.0. The molecule has 0 fully saturated rings. The highest BCUT2D eigenvalue weighted by atomic mass is 32.2. The number of benzene rings is 1. The summed E-state index contributed by atoms with van der Waals surface area (Å²) in [5.41, 5.74) is 0.183. The van der Waals surface area contributed by atoms with Crippen LogP contribution < -0.4 is 4.72 Å². The molecule has 0 saturated heterocycles. The van der Waals surface area contributed by atoms with Crippen LogP contribution in [0.1, 0.15) is 17.3 Å². The third-order valence-corrected chi connectivity index (χ3v) is 2.75. The highest BCUT2D eigenvalue weighted by Gasteiger charge is 2.23. The van der Waals surface area contributed by atoms with Crippen LogP contribution in [-0.2, 0) is 10.0 Å². The molecule has 16 heavy (non-hydrogen) atoms. The summed E-state index contributed by atoms with van der Waals surface area (Å²) in [6.07, 6.45) is 0. The lowest BCUT2D eigenvalue weighted by molar-refractivity contribution is 0.101. The van der Waals surface area contributed by atoms with Gasteiger partial charge in [0.2, 0.25) is 0 Å². The van der Waals surface area contributed by atoms with Gasteiger partial charge in [-0.25, -0.2) is 8.42 Å². The minimum atomic E-state index is -4.69. The summed E-state index contributed by atoms with van der Waals surface area (Å²) in [5, 5.41) is 0. The molecule has 0 aliphatic heterocycles. The molecule has 0 heterocycles. The molecule has 0 aromatic heterocycles. The fraction of sp³-hybridized carbons (Fsp3) is 0.222. The summed E-state index contributed by atoms with van der Waals surface area (Å²) in [6, 6.07) is 5.34. The number of carbonyl (C=O) groups excluding carboxylic acids is 1. The predicted octanol–water partition coefficient (Wildman–Crippen LogP) is 1.85. The van der Waals surface area contributed by atoms with E-state index >= 15 is 0 Å². The lowest BCUT2D eigenvalue weighted by atomic mass is 10.1. The van der Waals surface area contributed by atoms with Crippen molar-refractivity contribution in [2.45, 2.75) is 12.7 Å². The number of carbonyl (C=O) groups is 1. The fourth-order valence-electron chi connectivity index (χ4n) is 1.01. The molecule has 0 saturated carbocycles. The van der Waals surface area contributed by atoms with E-state index in [-0.39, 0.29) is 17.0 Å². The summed E-state index contributed by atoms with van der Waals surface area (Å²) in [4.78, 5) is 11.0. The van der Waals surface area contributed by atoms with Gasteiger partial charge in [0, 0.05) is 11.3 Å². The smallest absolute Gasteiger partial charge is 0.295 e. The van der Waals surface area contributed by atoms with Gasteiger partial charge in [-0.05, 0) is 19.1 Å². The van der Waals surface area contributed by atoms with E-state index in [2.05, 4.69) is 0 Å². The number of ketones is 1. The van der Waals surface area contributed by atoms with E-state index < -0.39 is 15.8 Å². The third kappa shape index (κ3) is 2.99. The van der Waals surface area contributed by atoms with Gasteiger partial charge < -0.3 is 0 Å². The van der Waals surface area contributed by atoms with Crippen LogP contribution in [0.5, 0.6) is 0 Å². The van der Waals surface area contributed by atoms with Crippen LogP contribution in [-0.4, -0.2) is 20.0 Å². The first-order valence-electron chi connectivity index (χ1n) is 4.24. The van der Waals surface area contributed by atoms with Gasteiger partial charge in [-0.3, -0.25) is 9.52 Å². The van der Waals surface area contributed by atoms with Gasteiger partial charge in [0.05, 0.1) is 0 Å². The Balaban J connectivity index is 2.99. The number of rotatable bonds is 4. The molecular weight excluding hydrogens is 240 g/mol. The Morgan fingerprint density at radius 3 is 2.50 bits per heavy atom. The first-order valence-corrected chi connectivity index (χ1v) is 5.78. The highest BCUT2D eigenvalue weighted by Crippen LogP contribution is 2.15. The molecule has 4 nitrogen and oxygen atoms in total. The number of alkyl halides is 2. The minimum Gasteiger partial charge on any atom is -0.295 e. The Morgan fingerprint density at radius 2 is 2.00 bits per heavy atom. The number of halogens is 2. The molecule has 0 atom stereocenters. The van der Waals surface area contributed by atoms with Gasteiger partial charge in [-0.2, -0.15) is 8.78 Å². The number of sulfonamides is 1. The van der Waals surface area contributed by atoms with Crippen LogP contribution in [0.15, 0.2) is 24.3 Å². The highest BCUT2D eigenvalue weighted by molar-refractivity contribution is 7.93. The maximum Gasteiger partial charge on any atom is 0.355 e. The second-order valence-electron chi connectivity index (χ2n) is 3.04. The number of anilines is 1. The van der Waals surface area contributed by atoms with Crippen LogP contribution in [0, 0.1) is 0 Å². The molecule has 1 rings (SSSR count). The molecule has 1 N–H and O–H groups in total. The Morgan fingerprint density at radius 1 is 1.38 bits per heavy atom. The second kappa shape index (κ2) is 4.56. The van der Waals surface area contributed by atoms with E-state index in [0.29, 0.717) is 0 Å². The van der Waals surface area contributed by atoms with Gasteiger partial charge in [0.1, 0.15) is 0 Å². The molecule has 88 valence electrons.